The van der Waals surface area contributed by atoms with Crippen molar-refractivity contribution in [2.75, 3.05) is 0 Å². The first-order valence-corrected chi connectivity index (χ1v) is 6.06. The Morgan fingerprint density at radius 2 is 0.800 bits per heavy atom. The summed E-state index contributed by atoms with van der Waals surface area (Å²) < 4.78 is 0. The van der Waals surface area contributed by atoms with Crippen molar-refractivity contribution in [1.29, 1.82) is 0 Å². The Labute approximate surface area is 89.7 Å². The van der Waals surface area contributed by atoms with Gasteiger partial charge >= 0.3 is 0 Å². The van der Waals surface area contributed by atoms with Crippen LogP contribution in [0.25, 0.3) is 0 Å². The molecule has 0 aromatic carbocycles. The molecular formula is C11H18O4. The highest BCUT2D eigenvalue weighted by Crippen LogP contribution is 2.44. The summed E-state index contributed by atoms with van der Waals surface area (Å²) in [5.74, 6) is -1.20. The number of rotatable bonds is 0. The number of hydrogen-bond donors (Lipinski definition) is 0. The molecule has 1 saturated heterocycles. The minimum absolute atomic E-state index is 0.595. The molecule has 3 rings (SSSR count). The van der Waals surface area contributed by atoms with E-state index in [1.807, 2.05) is 0 Å². The van der Waals surface area contributed by atoms with Gasteiger partial charge < -0.3 is 0 Å². The van der Waals surface area contributed by atoms with Gasteiger partial charge in [-0.3, -0.25) is 0 Å². The molecular weight excluding hydrogens is 196 g/mol. The maximum absolute atomic E-state index is 5.50. The van der Waals surface area contributed by atoms with Crippen LogP contribution < -0.4 is 0 Å². The van der Waals surface area contributed by atoms with Gasteiger partial charge in [-0.05, 0) is 25.7 Å². The molecule has 0 atom stereocenters. The summed E-state index contributed by atoms with van der Waals surface area (Å²) in [6, 6.07) is 0. The van der Waals surface area contributed by atoms with Crippen LogP contribution in [0.15, 0.2) is 0 Å². The average molecular weight is 214 g/mol. The molecule has 1 aliphatic heterocycles. The molecule has 0 radical (unpaired) electrons. The van der Waals surface area contributed by atoms with Crippen molar-refractivity contribution in [3.8, 4) is 0 Å². The van der Waals surface area contributed by atoms with Gasteiger partial charge in [-0.2, -0.15) is 19.6 Å². The quantitative estimate of drug-likeness (QED) is 0.581. The van der Waals surface area contributed by atoms with E-state index in [0.717, 1.165) is 51.4 Å². The van der Waals surface area contributed by atoms with E-state index in [1.54, 1.807) is 0 Å². The lowest BCUT2D eigenvalue weighted by molar-refractivity contribution is -0.658. The summed E-state index contributed by atoms with van der Waals surface area (Å²) in [5.41, 5.74) is 0. The fourth-order valence-electron chi connectivity index (χ4n) is 2.67. The van der Waals surface area contributed by atoms with Crippen molar-refractivity contribution in [1.82, 2.24) is 0 Å². The minimum atomic E-state index is -0.605. The van der Waals surface area contributed by atoms with Gasteiger partial charge in [0.2, 0.25) is 11.6 Å². The largest absolute Gasteiger partial charge is 0.234 e. The molecule has 0 aromatic heterocycles. The second-order valence-electron chi connectivity index (χ2n) is 4.92. The summed E-state index contributed by atoms with van der Waals surface area (Å²) >= 11 is 0. The lowest BCUT2D eigenvalue weighted by Crippen LogP contribution is -2.50. The molecule has 15 heavy (non-hydrogen) atoms. The third-order valence-electron chi connectivity index (χ3n) is 3.67. The van der Waals surface area contributed by atoms with Gasteiger partial charge in [-0.15, -0.1) is 0 Å². The van der Waals surface area contributed by atoms with Crippen LogP contribution in [0.5, 0.6) is 0 Å². The summed E-state index contributed by atoms with van der Waals surface area (Å²) in [6.07, 6.45) is 9.26. The summed E-state index contributed by atoms with van der Waals surface area (Å²) in [6.45, 7) is 0. The highest BCUT2D eigenvalue weighted by molar-refractivity contribution is 4.79. The van der Waals surface area contributed by atoms with Crippen molar-refractivity contribution in [2.45, 2.75) is 69.4 Å². The van der Waals surface area contributed by atoms with Gasteiger partial charge in [-0.1, -0.05) is 6.42 Å². The van der Waals surface area contributed by atoms with Gasteiger partial charge in [-0.25, -0.2) is 0 Å². The predicted molar refractivity (Wildman–Crippen MR) is 51.4 cm³/mol. The maximum Gasteiger partial charge on any atom is 0.234 e. The first-order chi connectivity index (χ1) is 7.33. The Balaban J connectivity index is 1.63. The molecule has 2 aliphatic carbocycles. The third kappa shape index (κ3) is 1.80. The fourth-order valence-corrected chi connectivity index (χ4v) is 2.67. The lowest BCUT2D eigenvalue weighted by Gasteiger charge is -2.43. The van der Waals surface area contributed by atoms with Gasteiger partial charge in [0.15, 0.2) is 0 Å². The molecule has 0 aromatic rings. The molecule has 0 bridgehead atoms. The van der Waals surface area contributed by atoms with Gasteiger partial charge in [0, 0.05) is 25.7 Å². The van der Waals surface area contributed by atoms with E-state index in [0.29, 0.717) is 0 Å². The minimum Gasteiger partial charge on any atom is -0.195 e. The second-order valence-corrected chi connectivity index (χ2v) is 4.92. The highest BCUT2D eigenvalue weighted by Gasteiger charge is 2.50. The Hall–Kier alpha value is -0.160. The maximum atomic E-state index is 5.50. The zero-order valence-corrected chi connectivity index (χ0v) is 9.00. The Kier molecular flexibility index (Phi) is 2.47. The van der Waals surface area contributed by atoms with Crippen LogP contribution in [0.2, 0.25) is 0 Å². The Bertz CT molecular complexity index is 217. The highest BCUT2D eigenvalue weighted by atomic mass is 17.4. The molecule has 4 nitrogen and oxygen atoms in total. The molecule has 3 aliphatic rings. The van der Waals surface area contributed by atoms with Crippen LogP contribution >= 0.6 is 0 Å². The zero-order valence-electron chi connectivity index (χ0n) is 9.00. The first kappa shape index (κ1) is 10.0. The third-order valence-corrected chi connectivity index (χ3v) is 3.67. The normalized spacial score (nSPS) is 33.6. The second kappa shape index (κ2) is 3.70. The van der Waals surface area contributed by atoms with Crippen molar-refractivity contribution < 1.29 is 19.6 Å². The van der Waals surface area contributed by atoms with Crippen LogP contribution in [-0.4, -0.2) is 11.6 Å². The van der Waals surface area contributed by atoms with Crippen LogP contribution in [0.1, 0.15) is 57.8 Å². The SMILES string of the molecule is C1CCC2(CC1)OOC1(CCCC1)OO2. The predicted octanol–water partition coefficient (Wildman–Crippen LogP) is 2.83. The smallest absolute Gasteiger partial charge is 0.195 e. The van der Waals surface area contributed by atoms with E-state index in [1.165, 1.54) is 6.42 Å². The average Bonchev–Trinajstić information content (AvgIpc) is 2.74. The van der Waals surface area contributed by atoms with Gasteiger partial charge in [0.25, 0.3) is 0 Å². The van der Waals surface area contributed by atoms with Crippen LogP contribution in [-0.2, 0) is 19.6 Å². The van der Waals surface area contributed by atoms with Gasteiger partial charge in [0.1, 0.15) is 0 Å². The van der Waals surface area contributed by atoms with E-state index in [9.17, 15) is 0 Å². The van der Waals surface area contributed by atoms with E-state index < -0.39 is 11.6 Å². The van der Waals surface area contributed by atoms with Crippen molar-refractivity contribution in [3.63, 3.8) is 0 Å². The van der Waals surface area contributed by atoms with Crippen LogP contribution in [0.3, 0.4) is 0 Å². The molecule has 0 N–H and O–H groups in total. The molecule has 0 unspecified atom stereocenters. The molecule has 0 amide bonds. The van der Waals surface area contributed by atoms with Crippen molar-refractivity contribution in [2.24, 2.45) is 0 Å². The first-order valence-electron chi connectivity index (χ1n) is 6.06. The molecule has 1 heterocycles. The lowest BCUT2D eigenvalue weighted by atomic mass is 9.94. The van der Waals surface area contributed by atoms with E-state index in [2.05, 4.69) is 0 Å². The van der Waals surface area contributed by atoms with Crippen LogP contribution in [0, 0.1) is 0 Å². The Morgan fingerprint density at radius 1 is 0.467 bits per heavy atom. The van der Waals surface area contributed by atoms with Crippen molar-refractivity contribution in [3.05, 3.63) is 0 Å². The zero-order chi connectivity index (χ0) is 10.2. The molecule has 2 saturated carbocycles. The van der Waals surface area contributed by atoms with Crippen molar-refractivity contribution >= 4 is 0 Å². The number of hydrogen-bond acceptors (Lipinski definition) is 4. The fraction of sp³-hybridized carbons (Fsp3) is 1.00. The summed E-state index contributed by atoms with van der Waals surface area (Å²) in [5, 5.41) is 0. The monoisotopic (exact) mass is 214 g/mol. The topological polar surface area (TPSA) is 36.9 Å². The standard InChI is InChI=1S/C11H18O4/c1-2-6-10(7-3-1)12-14-11(15-13-10)8-4-5-9-11/h1-9H2. The van der Waals surface area contributed by atoms with E-state index >= 15 is 0 Å². The molecule has 3 fully saturated rings. The van der Waals surface area contributed by atoms with E-state index in [-0.39, 0.29) is 0 Å². The molecule has 2 spiro atoms. The Morgan fingerprint density at radius 3 is 1.20 bits per heavy atom. The van der Waals surface area contributed by atoms with Crippen LogP contribution in [0.4, 0.5) is 0 Å². The summed E-state index contributed by atoms with van der Waals surface area (Å²) in [7, 11) is 0. The summed E-state index contributed by atoms with van der Waals surface area (Å²) in [4.78, 5) is 21.9. The molecule has 4 heteroatoms. The van der Waals surface area contributed by atoms with Gasteiger partial charge in [0.05, 0.1) is 0 Å². The van der Waals surface area contributed by atoms with E-state index in [4.69, 9.17) is 19.6 Å². The molecule has 86 valence electrons.